The van der Waals surface area contributed by atoms with Crippen molar-refractivity contribution in [2.45, 2.75) is 71.4 Å². The average molecular weight is 333 g/mol. The molecule has 1 spiro atoms. The number of carbonyl (C=O) groups excluding carboxylic acids is 1. The van der Waals surface area contributed by atoms with E-state index in [4.69, 9.17) is 4.74 Å². The molecule has 2 saturated heterocycles. The SMILES string of the molecule is CCn1nc(CC(C)C)cc1C(=O)N1CCC[C@]2(CCCO2)CC1. The minimum atomic E-state index is 0.0445. The Morgan fingerprint density at radius 1 is 1.29 bits per heavy atom. The number of nitrogens with zero attached hydrogens (tertiary/aromatic N) is 3. The van der Waals surface area contributed by atoms with Crippen molar-refractivity contribution < 1.29 is 9.53 Å². The number of likely N-dealkylation sites (tertiary alicyclic amines) is 1. The first kappa shape index (κ1) is 17.5. The smallest absolute Gasteiger partial charge is 0.272 e. The van der Waals surface area contributed by atoms with Gasteiger partial charge < -0.3 is 9.64 Å². The average Bonchev–Trinajstić information content (AvgIpc) is 3.10. The monoisotopic (exact) mass is 333 g/mol. The zero-order valence-corrected chi connectivity index (χ0v) is 15.4. The molecular weight excluding hydrogens is 302 g/mol. The van der Waals surface area contributed by atoms with Crippen molar-refractivity contribution in [2.24, 2.45) is 5.92 Å². The quantitative estimate of drug-likeness (QED) is 0.849. The molecule has 1 aromatic heterocycles. The van der Waals surface area contributed by atoms with E-state index < -0.39 is 0 Å². The Hall–Kier alpha value is -1.36. The summed E-state index contributed by atoms with van der Waals surface area (Å²) in [6.45, 7) is 9.66. The predicted molar refractivity (Wildman–Crippen MR) is 94.1 cm³/mol. The van der Waals surface area contributed by atoms with Crippen LogP contribution in [0.3, 0.4) is 0 Å². The molecule has 0 aromatic carbocycles. The summed E-state index contributed by atoms with van der Waals surface area (Å²) in [6.07, 6.45) is 6.32. The van der Waals surface area contributed by atoms with E-state index in [1.54, 1.807) is 0 Å². The molecule has 0 bridgehead atoms. The van der Waals surface area contributed by atoms with Crippen LogP contribution in [0.2, 0.25) is 0 Å². The lowest BCUT2D eigenvalue weighted by Crippen LogP contribution is -2.35. The Bertz CT molecular complexity index is 573. The molecule has 5 heteroatoms. The van der Waals surface area contributed by atoms with Crippen LogP contribution in [0.25, 0.3) is 0 Å². The van der Waals surface area contributed by atoms with Crippen molar-refractivity contribution in [3.8, 4) is 0 Å². The second kappa shape index (κ2) is 7.26. The van der Waals surface area contributed by atoms with Gasteiger partial charge in [-0.1, -0.05) is 13.8 Å². The number of rotatable bonds is 4. The molecule has 2 aliphatic rings. The maximum Gasteiger partial charge on any atom is 0.272 e. The zero-order chi connectivity index (χ0) is 17.2. The van der Waals surface area contributed by atoms with Crippen LogP contribution >= 0.6 is 0 Å². The Labute approximate surface area is 145 Å². The highest BCUT2D eigenvalue weighted by Crippen LogP contribution is 2.35. The summed E-state index contributed by atoms with van der Waals surface area (Å²) < 4.78 is 7.90. The van der Waals surface area contributed by atoms with Crippen LogP contribution in [0.1, 0.15) is 69.1 Å². The van der Waals surface area contributed by atoms with E-state index in [2.05, 4.69) is 18.9 Å². The summed E-state index contributed by atoms with van der Waals surface area (Å²) in [7, 11) is 0. The maximum atomic E-state index is 13.1. The van der Waals surface area contributed by atoms with Crippen LogP contribution in [-0.2, 0) is 17.7 Å². The summed E-state index contributed by atoms with van der Waals surface area (Å²) in [6, 6.07) is 2.00. The fourth-order valence-electron chi connectivity index (χ4n) is 4.08. The van der Waals surface area contributed by atoms with Gasteiger partial charge in [0.15, 0.2) is 0 Å². The summed E-state index contributed by atoms with van der Waals surface area (Å²) in [5.41, 5.74) is 1.82. The van der Waals surface area contributed by atoms with Gasteiger partial charge in [0.05, 0.1) is 11.3 Å². The summed E-state index contributed by atoms with van der Waals surface area (Å²) in [4.78, 5) is 15.1. The predicted octanol–water partition coefficient (Wildman–Crippen LogP) is 3.28. The van der Waals surface area contributed by atoms with Crippen molar-refractivity contribution in [1.82, 2.24) is 14.7 Å². The van der Waals surface area contributed by atoms with Crippen LogP contribution < -0.4 is 0 Å². The Morgan fingerprint density at radius 2 is 2.08 bits per heavy atom. The maximum absolute atomic E-state index is 13.1. The van der Waals surface area contributed by atoms with Crippen molar-refractivity contribution >= 4 is 5.91 Å². The van der Waals surface area contributed by atoms with Crippen molar-refractivity contribution in [3.05, 3.63) is 17.5 Å². The first-order valence-corrected chi connectivity index (χ1v) is 9.53. The van der Waals surface area contributed by atoms with Gasteiger partial charge in [-0.3, -0.25) is 9.48 Å². The first-order valence-electron chi connectivity index (χ1n) is 9.53. The molecule has 24 heavy (non-hydrogen) atoms. The number of hydrogen-bond donors (Lipinski definition) is 0. The fraction of sp³-hybridized carbons (Fsp3) is 0.789. The first-order chi connectivity index (χ1) is 11.5. The van der Waals surface area contributed by atoms with Crippen LogP contribution in [-0.4, -0.2) is 45.9 Å². The van der Waals surface area contributed by atoms with Crippen LogP contribution in [0.15, 0.2) is 6.07 Å². The second-order valence-corrected chi connectivity index (χ2v) is 7.72. The lowest BCUT2D eigenvalue weighted by atomic mass is 9.92. The third-order valence-electron chi connectivity index (χ3n) is 5.34. The molecule has 2 fully saturated rings. The lowest BCUT2D eigenvalue weighted by molar-refractivity contribution is -0.00694. The number of ether oxygens (including phenoxy) is 1. The van der Waals surface area contributed by atoms with E-state index in [1.807, 2.05) is 22.6 Å². The molecule has 1 amide bonds. The largest absolute Gasteiger partial charge is 0.375 e. The van der Waals surface area contributed by atoms with Gasteiger partial charge in [0.25, 0.3) is 5.91 Å². The van der Waals surface area contributed by atoms with Gasteiger partial charge in [0.2, 0.25) is 0 Å². The van der Waals surface area contributed by atoms with Gasteiger partial charge >= 0.3 is 0 Å². The molecule has 3 heterocycles. The Balaban J connectivity index is 1.72. The standard InChI is InChI=1S/C19H31N3O2/c1-4-22-17(14-16(20-22)13-15(2)3)18(23)21-10-5-7-19(9-11-21)8-6-12-24-19/h14-15H,4-13H2,1-3H3/t19-/m0/s1. The normalized spacial score (nSPS) is 24.8. The van der Waals surface area contributed by atoms with E-state index in [1.165, 1.54) is 0 Å². The van der Waals surface area contributed by atoms with Gasteiger partial charge in [-0.05, 0) is 57.4 Å². The van der Waals surface area contributed by atoms with Gasteiger partial charge in [-0.15, -0.1) is 0 Å². The number of aryl methyl sites for hydroxylation is 1. The molecule has 2 aliphatic heterocycles. The van der Waals surface area contributed by atoms with Crippen molar-refractivity contribution in [2.75, 3.05) is 19.7 Å². The van der Waals surface area contributed by atoms with Crippen LogP contribution in [0.4, 0.5) is 0 Å². The van der Waals surface area contributed by atoms with Crippen LogP contribution in [0.5, 0.6) is 0 Å². The zero-order valence-electron chi connectivity index (χ0n) is 15.4. The Morgan fingerprint density at radius 3 is 2.75 bits per heavy atom. The summed E-state index contributed by atoms with van der Waals surface area (Å²) in [5.74, 6) is 0.681. The topological polar surface area (TPSA) is 47.4 Å². The second-order valence-electron chi connectivity index (χ2n) is 7.72. The minimum absolute atomic E-state index is 0.0445. The minimum Gasteiger partial charge on any atom is -0.375 e. The highest BCUT2D eigenvalue weighted by Gasteiger charge is 2.37. The van der Waals surface area contributed by atoms with Gasteiger partial charge in [0, 0.05) is 26.2 Å². The molecular formula is C19H31N3O2. The van der Waals surface area contributed by atoms with Crippen LogP contribution in [0, 0.1) is 5.92 Å². The molecule has 0 radical (unpaired) electrons. The third kappa shape index (κ3) is 3.66. The van der Waals surface area contributed by atoms with E-state index in [0.717, 1.165) is 76.2 Å². The van der Waals surface area contributed by atoms with E-state index in [-0.39, 0.29) is 11.5 Å². The highest BCUT2D eigenvalue weighted by molar-refractivity contribution is 5.92. The lowest BCUT2D eigenvalue weighted by Gasteiger charge is -2.27. The highest BCUT2D eigenvalue weighted by atomic mass is 16.5. The number of hydrogen-bond acceptors (Lipinski definition) is 3. The molecule has 1 aromatic rings. The van der Waals surface area contributed by atoms with Gasteiger partial charge in [0.1, 0.15) is 5.69 Å². The Kier molecular flexibility index (Phi) is 5.28. The molecule has 5 nitrogen and oxygen atoms in total. The fourth-order valence-corrected chi connectivity index (χ4v) is 4.08. The number of carbonyl (C=O) groups is 1. The number of amides is 1. The molecule has 0 N–H and O–H groups in total. The molecule has 1 atom stereocenters. The van der Waals surface area contributed by atoms with Gasteiger partial charge in [-0.25, -0.2) is 0 Å². The summed E-state index contributed by atoms with van der Waals surface area (Å²) >= 11 is 0. The van der Waals surface area contributed by atoms with Crippen molar-refractivity contribution in [3.63, 3.8) is 0 Å². The third-order valence-corrected chi connectivity index (χ3v) is 5.34. The molecule has 0 saturated carbocycles. The van der Waals surface area contributed by atoms with E-state index in [0.29, 0.717) is 5.92 Å². The van der Waals surface area contributed by atoms with Gasteiger partial charge in [-0.2, -0.15) is 5.10 Å². The number of aromatic nitrogens is 2. The molecule has 0 unspecified atom stereocenters. The molecule has 3 rings (SSSR count). The van der Waals surface area contributed by atoms with E-state index >= 15 is 0 Å². The molecule has 0 aliphatic carbocycles. The molecule has 134 valence electrons. The summed E-state index contributed by atoms with van der Waals surface area (Å²) in [5, 5.41) is 4.62. The van der Waals surface area contributed by atoms with E-state index in [9.17, 15) is 4.79 Å². The van der Waals surface area contributed by atoms with Crippen molar-refractivity contribution in [1.29, 1.82) is 0 Å².